The van der Waals surface area contributed by atoms with Crippen LogP contribution in [0, 0.1) is 6.92 Å². The molecule has 0 aliphatic carbocycles. The molecule has 3 rings (SSSR count). The van der Waals surface area contributed by atoms with Crippen LogP contribution in [-0.4, -0.2) is 32.0 Å². The summed E-state index contributed by atoms with van der Waals surface area (Å²) in [5, 5.41) is 4.48. The van der Waals surface area contributed by atoms with Crippen LogP contribution in [0.5, 0.6) is 0 Å². The van der Waals surface area contributed by atoms with E-state index < -0.39 is 0 Å². The Hall–Kier alpha value is -1.56. The van der Waals surface area contributed by atoms with Crippen LogP contribution in [0.15, 0.2) is 0 Å². The van der Waals surface area contributed by atoms with E-state index in [1.165, 1.54) is 0 Å². The molecule has 1 saturated heterocycles. The summed E-state index contributed by atoms with van der Waals surface area (Å²) >= 11 is 0. The summed E-state index contributed by atoms with van der Waals surface area (Å²) in [4.78, 5) is 4.43. The lowest BCUT2D eigenvalue weighted by Crippen LogP contribution is -2.18. The van der Waals surface area contributed by atoms with E-state index in [0.29, 0.717) is 5.95 Å². The Morgan fingerprint density at radius 3 is 3.00 bits per heavy atom. The molecule has 3 heterocycles. The quantitative estimate of drug-likeness (QED) is 0.890. The van der Waals surface area contributed by atoms with E-state index in [0.717, 1.165) is 49.4 Å². The zero-order valence-corrected chi connectivity index (χ0v) is 10.9. The van der Waals surface area contributed by atoms with E-state index >= 15 is 0 Å². The number of aromatic nitrogens is 4. The van der Waals surface area contributed by atoms with E-state index in [4.69, 9.17) is 10.5 Å². The highest BCUT2D eigenvalue weighted by atomic mass is 16.5. The van der Waals surface area contributed by atoms with Crippen LogP contribution < -0.4 is 5.73 Å². The van der Waals surface area contributed by atoms with Gasteiger partial charge in [-0.25, -0.2) is 9.67 Å². The molecule has 1 aliphatic rings. The first-order chi connectivity index (χ1) is 8.70. The number of fused-ring (bicyclic) bond motifs is 1. The van der Waals surface area contributed by atoms with Crippen molar-refractivity contribution in [3.8, 4) is 0 Å². The first kappa shape index (κ1) is 11.5. The summed E-state index contributed by atoms with van der Waals surface area (Å²) in [6.07, 6.45) is 2.48. The molecule has 6 nitrogen and oxygen atoms in total. The van der Waals surface area contributed by atoms with Gasteiger partial charge in [-0.05, 0) is 26.7 Å². The second kappa shape index (κ2) is 4.28. The highest BCUT2D eigenvalue weighted by molar-refractivity contribution is 5.77. The molecule has 1 aliphatic heterocycles. The Bertz CT molecular complexity index is 565. The van der Waals surface area contributed by atoms with Crippen molar-refractivity contribution in [3.05, 3.63) is 5.69 Å². The Morgan fingerprint density at radius 1 is 1.50 bits per heavy atom. The van der Waals surface area contributed by atoms with Gasteiger partial charge in [0.25, 0.3) is 0 Å². The molecule has 0 saturated carbocycles. The van der Waals surface area contributed by atoms with Gasteiger partial charge in [-0.1, -0.05) is 0 Å². The van der Waals surface area contributed by atoms with Crippen molar-refractivity contribution in [2.24, 2.45) is 0 Å². The number of hydrogen-bond donors (Lipinski definition) is 1. The van der Waals surface area contributed by atoms with E-state index in [2.05, 4.69) is 17.0 Å². The van der Waals surface area contributed by atoms with Crippen LogP contribution in [0.4, 0.5) is 5.95 Å². The minimum atomic E-state index is 0.255. The van der Waals surface area contributed by atoms with Gasteiger partial charge < -0.3 is 10.5 Å². The summed E-state index contributed by atoms with van der Waals surface area (Å²) in [5.74, 6) is 0.559. The molecule has 18 heavy (non-hydrogen) atoms. The first-order valence-corrected chi connectivity index (χ1v) is 6.51. The minimum Gasteiger partial charge on any atom is -0.376 e. The third kappa shape index (κ3) is 1.68. The number of anilines is 1. The van der Waals surface area contributed by atoms with Crippen LogP contribution in [0.3, 0.4) is 0 Å². The third-order valence-electron chi connectivity index (χ3n) is 3.54. The highest BCUT2D eigenvalue weighted by Crippen LogP contribution is 2.23. The van der Waals surface area contributed by atoms with Crippen LogP contribution in [0.25, 0.3) is 11.2 Å². The Balaban J connectivity index is 2.05. The fraction of sp³-hybridized carbons (Fsp3) is 0.667. The lowest BCUT2D eigenvalue weighted by molar-refractivity contribution is 0.0981. The summed E-state index contributed by atoms with van der Waals surface area (Å²) < 4.78 is 9.67. The summed E-state index contributed by atoms with van der Waals surface area (Å²) in [6, 6.07) is 0. The minimum absolute atomic E-state index is 0.255. The van der Waals surface area contributed by atoms with Gasteiger partial charge in [-0.3, -0.25) is 4.57 Å². The van der Waals surface area contributed by atoms with E-state index in [-0.39, 0.29) is 6.10 Å². The summed E-state index contributed by atoms with van der Waals surface area (Å²) in [5.41, 5.74) is 8.88. The molecule has 0 spiro atoms. The lowest BCUT2D eigenvalue weighted by atomic mass is 10.2. The van der Waals surface area contributed by atoms with Crippen molar-refractivity contribution in [1.82, 2.24) is 19.3 Å². The summed E-state index contributed by atoms with van der Waals surface area (Å²) in [6.45, 7) is 6.49. The number of ether oxygens (including phenoxy) is 1. The van der Waals surface area contributed by atoms with Crippen molar-refractivity contribution < 1.29 is 4.74 Å². The number of rotatable bonds is 3. The average Bonchev–Trinajstić information content (AvgIpc) is 3.02. The Kier molecular flexibility index (Phi) is 2.74. The van der Waals surface area contributed by atoms with Crippen LogP contribution in [0.2, 0.25) is 0 Å². The van der Waals surface area contributed by atoms with E-state index in [1.54, 1.807) is 0 Å². The molecular formula is C12H19N5O. The number of nitrogens with zero attached hydrogens (tertiary/aromatic N) is 4. The molecule has 0 radical (unpaired) electrons. The molecule has 6 heteroatoms. The molecule has 98 valence electrons. The molecule has 2 aromatic rings. The zero-order chi connectivity index (χ0) is 12.7. The van der Waals surface area contributed by atoms with Gasteiger partial charge in [0.05, 0.1) is 18.3 Å². The maximum atomic E-state index is 6.02. The molecule has 0 amide bonds. The predicted octanol–water partition coefficient (Wildman–Crippen LogP) is 1.32. The number of imidazole rings is 1. The molecule has 1 atom stereocenters. The maximum absolute atomic E-state index is 6.02. The van der Waals surface area contributed by atoms with Gasteiger partial charge in [-0.2, -0.15) is 5.10 Å². The van der Waals surface area contributed by atoms with Crippen LogP contribution in [-0.2, 0) is 17.8 Å². The summed E-state index contributed by atoms with van der Waals surface area (Å²) in [7, 11) is 0. The standard InChI is InChI=1S/C12H19N5O/c1-3-17-11-10(8(2)15-17)14-12(13)16(11)7-9-5-4-6-18-9/h9H,3-7H2,1-2H3,(H2,13,14). The molecule has 0 bridgehead atoms. The van der Waals surface area contributed by atoms with Crippen LogP contribution >= 0.6 is 0 Å². The fourth-order valence-corrected chi connectivity index (χ4v) is 2.63. The number of hydrogen-bond acceptors (Lipinski definition) is 4. The number of nitrogen functional groups attached to an aromatic ring is 1. The highest BCUT2D eigenvalue weighted by Gasteiger charge is 2.22. The first-order valence-electron chi connectivity index (χ1n) is 6.51. The smallest absolute Gasteiger partial charge is 0.202 e. The van der Waals surface area contributed by atoms with Crippen molar-refractivity contribution in [1.29, 1.82) is 0 Å². The second-order valence-electron chi connectivity index (χ2n) is 4.79. The van der Waals surface area contributed by atoms with Gasteiger partial charge in [0, 0.05) is 13.2 Å². The fourth-order valence-electron chi connectivity index (χ4n) is 2.63. The van der Waals surface area contributed by atoms with Crippen molar-refractivity contribution in [2.75, 3.05) is 12.3 Å². The van der Waals surface area contributed by atoms with Gasteiger partial charge in [0.15, 0.2) is 5.65 Å². The van der Waals surface area contributed by atoms with E-state index in [1.807, 2.05) is 16.2 Å². The van der Waals surface area contributed by atoms with Crippen molar-refractivity contribution in [2.45, 2.75) is 45.9 Å². The molecule has 1 unspecified atom stereocenters. The largest absolute Gasteiger partial charge is 0.376 e. The Morgan fingerprint density at radius 2 is 2.33 bits per heavy atom. The van der Waals surface area contributed by atoms with Crippen molar-refractivity contribution in [3.63, 3.8) is 0 Å². The van der Waals surface area contributed by atoms with Gasteiger partial charge in [-0.15, -0.1) is 0 Å². The zero-order valence-electron chi connectivity index (χ0n) is 10.9. The SMILES string of the molecule is CCn1nc(C)c2nc(N)n(CC3CCCO3)c21. The molecule has 0 aromatic carbocycles. The van der Waals surface area contributed by atoms with Gasteiger partial charge in [0.1, 0.15) is 5.52 Å². The number of aryl methyl sites for hydroxylation is 2. The molecule has 2 N–H and O–H groups in total. The average molecular weight is 249 g/mol. The topological polar surface area (TPSA) is 70.9 Å². The number of nitrogens with two attached hydrogens (primary N) is 1. The normalized spacial score (nSPS) is 20.0. The second-order valence-corrected chi connectivity index (χ2v) is 4.79. The third-order valence-corrected chi connectivity index (χ3v) is 3.54. The lowest BCUT2D eigenvalue weighted by Gasteiger charge is -2.12. The molecule has 1 fully saturated rings. The Labute approximate surface area is 106 Å². The van der Waals surface area contributed by atoms with Crippen molar-refractivity contribution >= 4 is 17.1 Å². The molecular weight excluding hydrogens is 230 g/mol. The van der Waals surface area contributed by atoms with Gasteiger partial charge in [0.2, 0.25) is 5.95 Å². The van der Waals surface area contributed by atoms with E-state index in [9.17, 15) is 0 Å². The predicted molar refractivity (Wildman–Crippen MR) is 69.3 cm³/mol. The maximum Gasteiger partial charge on any atom is 0.202 e. The monoisotopic (exact) mass is 249 g/mol. The molecule has 2 aromatic heterocycles. The van der Waals surface area contributed by atoms with Gasteiger partial charge >= 0.3 is 0 Å². The van der Waals surface area contributed by atoms with Crippen LogP contribution in [0.1, 0.15) is 25.5 Å².